The lowest BCUT2D eigenvalue weighted by Crippen LogP contribution is -2.18. The van der Waals surface area contributed by atoms with Crippen LogP contribution in [0.2, 0.25) is 0 Å². The predicted octanol–water partition coefficient (Wildman–Crippen LogP) is 4.27. The molecule has 1 aromatic carbocycles. The maximum atomic E-state index is 5.96. The molecule has 0 aliphatic carbocycles. The molecule has 166 valence electrons. The summed E-state index contributed by atoms with van der Waals surface area (Å²) < 4.78 is 7.87. The Morgan fingerprint density at radius 3 is 2.71 bits per heavy atom. The number of benzene rings is 1. The number of nitrogen functional groups attached to an aromatic ring is 1. The maximum Gasteiger partial charge on any atom is 0.222 e. The van der Waals surface area contributed by atoms with Crippen LogP contribution in [-0.4, -0.2) is 46.2 Å². The van der Waals surface area contributed by atoms with E-state index in [4.69, 9.17) is 10.5 Å². The van der Waals surface area contributed by atoms with Gasteiger partial charge in [-0.2, -0.15) is 4.98 Å². The highest BCUT2D eigenvalue weighted by Gasteiger charge is 2.15. The van der Waals surface area contributed by atoms with E-state index in [2.05, 4.69) is 56.1 Å². The average Bonchev–Trinajstić information content (AvgIpc) is 3.41. The number of anilines is 2. The predicted molar refractivity (Wildman–Crippen MR) is 127 cm³/mol. The van der Waals surface area contributed by atoms with Crippen molar-refractivity contribution < 1.29 is 4.74 Å². The molecule has 3 aromatic rings. The monoisotopic (exact) mass is 422 g/mol. The Morgan fingerprint density at radius 1 is 1.10 bits per heavy atom. The highest BCUT2D eigenvalue weighted by molar-refractivity contribution is 5.87. The van der Waals surface area contributed by atoms with Gasteiger partial charge in [-0.05, 0) is 56.1 Å². The fourth-order valence-electron chi connectivity index (χ4n) is 4.40. The Kier molecular flexibility index (Phi) is 6.92. The third kappa shape index (κ3) is 5.10. The van der Waals surface area contributed by atoms with Crippen LogP contribution in [0.5, 0.6) is 5.75 Å². The van der Waals surface area contributed by atoms with E-state index < -0.39 is 0 Å². The summed E-state index contributed by atoms with van der Waals surface area (Å²) >= 11 is 0. The van der Waals surface area contributed by atoms with Crippen molar-refractivity contribution in [2.24, 2.45) is 0 Å². The molecule has 4 rings (SSSR count). The van der Waals surface area contributed by atoms with Gasteiger partial charge in [-0.25, -0.2) is 4.98 Å². The summed E-state index contributed by atoms with van der Waals surface area (Å²) in [6.45, 7) is 7.14. The fraction of sp³-hybridized carbons (Fsp3) is 0.500. The first-order valence-corrected chi connectivity index (χ1v) is 11.4. The molecule has 0 atom stereocenters. The molecule has 7 nitrogen and oxygen atoms in total. The molecule has 1 saturated heterocycles. The van der Waals surface area contributed by atoms with Crippen molar-refractivity contribution in [3.8, 4) is 5.75 Å². The highest BCUT2D eigenvalue weighted by atomic mass is 16.5. The molecule has 0 unspecified atom stereocenters. The molecule has 0 radical (unpaired) electrons. The second kappa shape index (κ2) is 10.0. The van der Waals surface area contributed by atoms with Gasteiger partial charge in [-0.1, -0.05) is 25.8 Å². The minimum atomic E-state index is 0.299. The lowest BCUT2D eigenvalue weighted by molar-refractivity contribution is 0.331. The van der Waals surface area contributed by atoms with Crippen LogP contribution >= 0.6 is 0 Å². The molecular weight excluding hydrogens is 388 g/mol. The van der Waals surface area contributed by atoms with Gasteiger partial charge in [-0.15, -0.1) is 0 Å². The fourth-order valence-corrected chi connectivity index (χ4v) is 4.40. The van der Waals surface area contributed by atoms with E-state index in [1.54, 1.807) is 7.11 Å². The normalized spacial score (nSPS) is 14.4. The zero-order valence-corrected chi connectivity index (χ0v) is 18.7. The van der Waals surface area contributed by atoms with Gasteiger partial charge in [0.15, 0.2) is 5.82 Å². The average molecular weight is 423 g/mol. The molecule has 0 spiro atoms. The van der Waals surface area contributed by atoms with Gasteiger partial charge >= 0.3 is 0 Å². The topological polar surface area (TPSA) is 81.2 Å². The SMILES string of the molecule is CCCCCNc1nc(N)nc2ccn(Cc3cc(CN4CCCC4)ccc3OC)c12. The highest BCUT2D eigenvalue weighted by Crippen LogP contribution is 2.27. The third-order valence-electron chi connectivity index (χ3n) is 5.99. The van der Waals surface area contributed by atoms with Crippen molar-refractivity contribution in [1.82, 2.24) is 19.4 Å². The summed E-state index contributed by atoms with van der Waals surface area (Å²) in [4.78, 5) is 11.5. The van der Waals surface area contributed by atoms with E-state index >= 15 is 0 Å². The van der Waals surface area contributed by atoms with E-state index in [1.807, 2.05) is 6.07 Å². The zero-order chi connectivity index (χ0) is 21.6. The van der Waals surface area contributed by atoms with E-state index in [0.29, 0.717) is 12.5 Å². The Morgan fingerprint density at radius 2 is 1.94 bits per heavy atom. The van der Waals surface area contributed by atoms with Crippen molar-refractivity contribution in [3.05, 3.63) is 41.6 Å². The Balaban J connectivity index is 1.61. The van der Waals surface area contributed by atoms with Crippen molar-refractivity contribution in [1.29, 1.82) is 0 Å². The largest absolute Gasteiger partial charge is 0.496 e. The Hall–Kier alpha value is -2.80. The summed E-state index contributed by atoms with van der Waals surface area (Å²) in [5, 5.41) is 3.47. The lowest BCUT2D eigenvalue weighted by atomic mass is 10.1. The summed E-state index contributed by atoms with van der Waals surface area (Å²) in [7, 11) is 1.73. The second-order valence-electron chi connectivity index (χ2n) is 8.37. The van der Waals surface area contributed by atoms with Gasteiger partial charge in [0.25, 0.3) is 0 Å². The molecule has 1 fully saturated rings. The Labute approximate surface area is 184 Å². The van der Waals surface area contributed by atoms with Gasteiger partial charge in [0.2, 0.25) is 5.95 Å². The van der Waals surface area contributed by atoms with Crippen molar-refractivity contribution in [3.63, 3.8) is 0 Å². The van der Waals surface area contributed by atoms with Crippen LogP contribution in [0, 0.1) is 0 Å². The summed E-state index contributed by atoms with van der Waals surface area (Å²) in [6, 6.07) is 8.55. The Bertz CT molecular complexity index is 1010. The number of nitrogens with two attached hydrogens (primary N) is 1. The summed E-state index contributed by atoms with van der Waals surface area (Å²) in [5.74, 6) is 2.00. The smallest absolute Gasteiger partial charge is 0.222 e. The number of hydrogen-bond acceptors (Lipinski definition) is 6. The number of ether oxygens (including phenoxy) is 1. The molecule has 0 saturated carbocycles. The molecular formula is C24H34N6O. The third-order valence-corrected chi connectivity index (χ3v) is 5.99. The van der Waals surface area contributed by atoms with E-state index in [-0.39, 0.29) is 0 Å². The lowest BCUT2D eigenvalue weighted by Gasteiger charge is -2.17. The molecule has 7 heteroatoms. The minimum absolute atomic E-state index is 0.299. The van der Waals surface area contributed by atoms with Gasteiger partial charge in [0.05, 0.1) is 19.2 Å². The first-order chi connectivity index (χ1) is 15.2. The van der Waals surface area contributed by atoms with Crippen LogP contribution in [0.15, 0.2) is 30.5 Å². The van der Waals surface area contributed by atoms with Crippen LogP contribution in [0.25, 0.3) is 11.0 Å². The molecule has 31 heavy (non-hydrogen) atoms. The van der Waals surface area contributed by atoms with Crippen LogP contribution in [0.3, 0.4) is 0 Å². The number of nitrogens with one attached hydrogen (secondary N) is 1. The van der Waals surface area contributed by atoms with Crippen molar-refractivity contribution >= 4 is 22.8 Å². The van der Waals surface area contributed by atoms with Gasteiger partial charge in [0, 0.05) is 24.8 Å². The minimum Gasteiger partial charge on any atom is -0.496 e. The number of fused-ring (bicyclic) bond motifs is 1. The van der Waals surface area contributed by atoms with Gasteiger partial charge < -0.3 is 20.4 Å². The number of likely N-dealkylation sites (tertiary alicyclic amines) is 1. The van der Waals surface area contributed by atoms with Crippen LogP contribution in [-0.2, 0) is 13.1 Å². The summed E-state index contributed by atoms with van der Waals surface area (Å²) in [6.07, 6.45) is 8.15. The quantitative estimate of drug-likeness (QED) is 0.475. The standard InChI is InChI=1S/C24H34N6O/c1-3-4-5-11-26-23-22-20(27-24(25)28-23)10-14-30(22)17-19-15-18(8-9-21(19)31-2)16-29-12-6-7-13-29/h8-10,14-15H,3-7,11-13,16-17H2,1-2H3,(H3,25,26,27,28). The number of rotatable bonds is 10. The van der Waals surface area contributed by atoms with Gasteiger partial charge in [-0.3, -0.25) is 4.90 Å². The first-order valence-electron chi connectivity index (χ1n) is 11.4. The molecule has 3 N–H and O–H groups in total. The first kappa shape index (κ1) is 21.4. The van der Waals surface area contributed by atoms with Crippen LogP contribution in [0.4, 0.5) is 11.8 Å². The molecule has 0 bridgehead atoms. The number of aromatic nitrogens is 3. The van der Waals surface area contributed by atoms with Crippen LogP contribution in [0.1, 0.15) is 50.2 Å². The molecule has 0 amide bonds. The van der Waals surface area contributed by atoms with E-state index in [9.17, 15) is 0 Å². The number of nitrogens with zero attached hydrogens (tertiary/aromatic N) is 4. The zero-order valence-electron chi connectivity index (χ0n) is 18.7. The summed E-state index contributed by atoms with van der Waals surface area (Å²) in [5.41, 5.74) is 10.3. The van der Waals surface area contributed by atoms with Gasteiger partial charge in [0.1, 0.15) is 11.3 Å². The van der Waals surface area contributed by atoms with Crippen molar-refractivity contribution in [2.45, 2.75) is 52.1 Å². The van der Waals surface area contributed by atoms with E-state index in [1.165, 1.54) is 44.3 Å². The molecule has 1 aliphatic rings. The molecule has 3 heterocycles. The molecule has 2 aromatic heterocycles. The number of unbranched alkanes of at least 4 members (excludes halogenated alkanes) is 2. The van der Waals surface area contributed by atoms with Crippen molar-refractivity contribution in [2.75, 3.05) is 37.8 Å². The van der Waals surface area contributed by atoms with Crippen LogP contribution < -0.4 is 15.8 Å². The second-order valence-corrected chi connectivity index (χ2v) is 8.37. The van der Waals surface area contributed by atoms with E-state index in [0.717, 1.165) is 47.7 Å². The molecule has 1 aliphatic heterocycles. The number of hydrogen-bond donors (Lipinski definition) is 2. The number of methoxy groups -OCH3 is 1. The maximum absolute atomic E-state index is 5.96.